The number of ether oxygens (including phenoxy) is 2. The third kappa shape index (κ3) is 4.61. The fourth-order valence-corrected chi connectivity index (χ4v) is 3.05. The average molecular weight is 409 g/mol. The molecule has 0 heterocycles. The van der Waals surface area contributed by atoms with E-state index in [1.54, 1.807) is 24.3 Å². The minimum atomic E-state index is -4.70. The highest BCUT2D eigenvalue weighted by molar-refractivity contribution is 5.96. The van der Waals surface area contributed by atoms with Gasteiger partial charge >= 0.3 is 12.1 Å². The molecule has 1 aliphatic carbocycles. The molecule has 29 heavy (non-hydrogen) atoms. The number of carboxylic acids is 1. The van der Waals surface area contributed by atoms with Crippen molar-refractivity contribution in [2.75, 3.05) is 12.4 Å². The summed E-state index contributed by atoms with van der Waals surface area (Å²) in [6.45, 7) is 0. The lowest BCUT2D eigenvalue weighted by Crippen LogP contribution is -2.41. The van der Waals surface area contributed by atoms with Gasteiger partial charge in [-0.25, -0.2) is 0 Å². The molecule has 2 aromatic rings. The monoisotopic (exact) mass is 409 g/mol. The van der Waals surface area contributed by atoms with Gasteiger partial charge in [0.2, 0.25) is 5.91 Å². The molecule has 1 aliphatic rings. The second-order valence-corrected chi connectivity index (χ2v) is 6.60. The van der Waals surface area contributed by atoms with Gasteiger partial charge in [-0.05, 0) is 49.2 Å². The lowest BCUT2D eigenvalue weighted by molar-refractivity contribution is -0.151. The predicted molar refractivity (Wildman–Crippen MR) is 97.0 cm³/mol. The van der Waals surface area contributed by atoms with Gasteiger partial charge in [0.15, 0.2) is 0 Å². The average Bonchev–Trinajstić information content (AvgIpc) is 2.60. The van der Waals surface area contributed by atoms with Crippen LogP contribution in [0.1, 0.15) is 18.4 Å². The minimum Gasteiger partial charge on any atom is -0.497 e. The number of carboxylic acid groups (broad SMARTS) is 1. The van der Waals surface area contributed by atoms with E-state index in [2.05, 4.69) is 5.32 Å². The number of amides is 1. The van der Waals surface area contributed by atoms with Crippen molar-refractivity contribution in [2.24, 2.45) is 11.8 Å². The molecule has 0 spiro atoms. The summed E-state index contributed by atoms with van der Waals surface area (Å²) in [5.74, 6) is -2.59. The topological polar surface area (TPSA) is 84.9 Å². The van der Waals surface area contributed by atoms with Crippen molar-refractivity contribution in [1.29, 1.82) is 0 Å². The van der Waals surface area contributed by atoms with Gasteiger partial charge in [-0.15, -0.1) is 0 Å². The van der Waals surface area contributed by atoms with E-state index < -0.39 is 41.1 Å². The number of rotatable bonds is 6. The summed E-state index contributed by atoms with van der Waals surface area (Å²) in [6, 6.07) is 9.45. The normalized spacial score (nSPS) is 18.5. The number of nitrogens with one attached hydrogen (secondary N) is 1. The van der Waals surface area contributed by atoms with Crippen LogP contribution < -0.4 is 14.8 Å². The van der Waals surface area contributed by atoms with Crippen molar-refractivity contribution < 1.29 is 37.3 Å². The summed E-state index contributed by atoms with van der Waals surface area (Å²) >= 11 is 0. The molecule has 2 aromatic carbocycles. The molecule has 9 heteroatoms. The number of hydrogen-bond donors (Lipinski definition) is 2. The summed E-state index contributed by atoms with van der Waals surface area (Å²) in [7, 11) is 1.50. The Labute approximate surface area is 164 Å². The maximum atomic E-state index is 13.3. The quantitative estimate of drug-likeness (QED) is 0.731. The van der Waals surface area contributed by atoms with Gasteiger partial charge in [-0.1, -0.05) is 0 Å². The number of alkyl halides is 3. The number of aliphatic carboxylic acids is 1. The standard InChI is InChI=1S/C20H18F3NO5/c1-28-11-2-4-12(5-3-11)29-13-6-9-16(20(21,22)23)17(10-13)24-18(25)14-7-8-15(14)19(26)27/h2-6,9-10,14-15H,7-8H2,1H3,(H,24,25)(H,26,27)/t14-,15+/m1/s1. The molecule has 0 saturated heterocycles. The molecule has 6 nitrogen and oxygen atoms in total. The molecular weight excluding hydrogens is 391 g/mol. The molecule has 154 valence electrons. The highest BCUT2D eigenvalue weighted by Crippen LogP contribution is 2.40. The minimum absolute atomic E-state index is 0.0851. The first-order valence-corrected chi connectivity index (χ1v) is 8.76. The van der Waals surface area contributed by atoms with Gasteiger partial charge in [0.1, 0.15) is 17.2 Å². The number of halogens is 3. The van der Waals surface area contributed by atoms with Gasteiger partial charge in [0.05, 0.1) is 30.2 Å². The van der Waals surface area contributed by atoms with Crippen LogP contribution in [0.15, 0.2) is 42.5 Å². The van der Waals surface area contributed by atoms with Gasteiger partial charge in [0, 0.05) is 6.07 Å². The van der Waals surface area contributed by atoms with Crippen LogP contribution in [0.3, 0.4) is 0 Å². The van der Waals surface area contributed by atoms with Crippen LogP contribution in [0.4, 0.5) is 18.9 Å². The number of hydrogen-bond acceptors (Lipinski definition) is 4. The zero-order chi connectivity index (χ0) is 21.2. The van der Waals surface area contributed by atoms with E-state index in [1.165, 1.54) is 7.11 Å². The highest BCUT2D eigenvalue weighted by Gasteiger charge is 2.42. The summed E-state index contributed by atoms with van der Waals surface area (Å²) in [5, 5.41) is 11.3. The third-order valence-electron chi connectivity index (χ3n) is 4.78. The molecule has 0 bridgehead atoms. The molecule has 0 aromatic heterocycles. The molecule has 3 rings (SSSR count). The van der Waals surface area contributed by atoms with Gasteiger partial charge in [0.25, 0.3) is 0 Å². The molecule has 0 unspecified atom stereocenters. The van der Waals surface area contributed by atoms with Crippen LogP contribution in [0.25, 0.3) is 0 Å². The maximum absolute atomic E-state index is 13.3. The van der Waals surface area contributed by atoms with Gasteiger partial charge < -0.3 is 19.9 Å². The Morgan fingerprint density at radius 2 is 1.59 bits per heavy atom. The van der Waals surface area contributed by atoms with Gasteiger partial charge in [-0.3, -0.25) is 9.59 Å². The molecular formula is C20H18F3NO5. The summed E-state index contributed by atoms with van der Waals surface area (Å²) in [4.78, 5) is 23.4. The number of methoxy groups -OCH3 is 1. The Morgan fingerprint density at radius 1 is 1.00 bits per heavy atom. The molecule has 2 N–H and O–H groups in total. The zero-order valence-corrected chi connectivity index (χ0v) is 15.3. The lowest BCUT2D eigenvalue weighted by atomic mass is 9.73. The summed E-state index contributed by atoms with van der Waals surface area (Å²) in [5.41, 5.74) is -1.52. The number of carbonyl (C=O) groups excluding carboxylic acids is 1. The van der Waals surface area contributed by atoms with Crippen molar-refractivity contribution in [3.8, 4) is 17.2 Å². The smallest absolute Gasteiger partial charge is 0.418 e. The first-order valence-electron chi connectivity index (χ1n) is 8.76. The number of anilines is 1. The number of benzene rings is 2. The van der Waals surface area contributed by atoms with Crippen LogP contribution in [-0.2, 0) is 15.8 Å². The summed E-state index contributed by atoms with van der Waals surface area (Å²) < 4.78 is 50.6. The predicted octanol–water partition coefficient (Wildman–Crippen LogP) is 4.56. The lowest BCUT2D eigenvalue weighted by Gasteiger charge is -2.32. The van der Waals surface area contributed by atoms with Crippen LogP contribution >= 0.6 is 0 Å². The summed E-state index contributed by atoms with van der Waals surface area (Å²) in [6.07, 6.45) is -4.07. The van der Waals surface area contributed by atoms with E-state index >= 15 is 0 Å². The zero-order valence-electron chi connectivity index (χ0n) is 15.3. The van der Waals surface area contributed by atoms with Crippen molar-refractivity contribution >= 4 is 17.6 Å². The second kappa shape index (κ2) is 8.02. The van der Waals surface area contributed by atoms with E-state index in [0.717, 1.165) is 18.2 Å². The molecule has 2 atom stereocenters. The van der Waals surface area contributed by atoms with E-state index in [1.807, 2.05) is 0 Å². The van der Waals surface area contributed by atoms with Crippen LogP contribution in [0, 0.1) is 11.8 Å². The van der Waals surface area contributed by atoms with E-state index in [-0.39, 0.29) is 5.75 Å². The molecule has 0 radical (unpaired) electrons. The maximum Gasteiger partial charge on any atom is 0.418 e. The van der Waals surface area contributed by atoms with Crippen molar-refractivity contribution in [2.45, 2.75) is 19.0 Å². The Bertz CT molecular complexity index is 911. The van der Waals surface area contributed by atoms with E-state index in [0.29, 0.717) is 24.3 Å². The Hall–Kier alpha value is -3.23. The largest absolute Gasteiger partial charge is 0.497 e. The van der Waals surface area contributed by atoms with Crippen molar-refractivity contribution in [3.63, 3.8) is 0 Å². The van der Waals surface area contributed by atoms with Crippen molar-refractivity contribution in [3.05, 3.63) is 48.0 Å². The first-order chi connectivity index (χ1) is 13.7. The molecule has 1 fully saturated rings. The number of carbonyl (C=O) groups is 2. The Balaban J connectivity index is 1.83. The van der Waals surface area contributed by atoms with Crippen molar-refractivity contribution in [1.82, 2.24) is 0 Å². The van der Waals surface area contributed by atoms with E-state index in [4.69, 9.17) is 14.6 Å². The fourth-order valence-electron chi connectivity index (χ4n) is 3.05. The fraction of sp³-hybridized carbons (Fsp3) is 0.300. The highest BCUT2D eigenvalue weighted by atomic mass is 19.4. The van der Waals surface area contributed by atoms with Gasteiger partial charge in [-0.2, -0.15) is 13.2 Å². The van der Waals surface area contributed by atoms with Crippen LogP contribution in [-0.4, -0.2) is 24.1 Å². The second-order valence-electron chi connectivity index (χ2n) is 6.60. The molecule has 1 amide bonds. The Kier molecular flexibility index (Phi) is 5.67. The molecule has 0 aliphatic heterocycles. The Morgan fingerprint density at radius 3 is 2.10 bits per heavy atom. The third-order valence-corrected chi connectivity index (χ3v) is 4.78. The van der Waals surface area contributed by atoms with Crippen LogP contribution in [0.2, 0.25) is 0 Å². The first kappa shape index (κ1) is 20.5. The molecule has 1 saturated carbocycles. The van der Waals surface area contributed by atoms with E-state index in [9.17, 15) is 22.8 Å². The SMILES string of the molecule is COc1ccc(Oc2ccc(C(F)(F)F)c(NC(=O)[C@@H]3CC[C@@H]3C(=O)O)c2)cc1. The van der Waals surface area contributed by atoms with Crippen LogP contribution in [0.5, 0.6) is 17.2 Å².